The highest BCUT2D eigenvalue weighted by atomic mass is 16.5. The van der Waals surface area contributed by atoms with Crippen molar-refractivity contribution in [1.82, 2.24) is 4.98 Å². The van der Waals surface area contributed by atoms with Crippen LogP contribution in [0.3, 0.4) is 0 Å². The molecule has 1 aliphatic rings. The van der Waals surface area contributed by atoms with Crippen LogP contribution in [0, 0.1) is 5.92 Å². The van der Waals surface area contributed by atoms with E-state index < -0.39 is 34.4 Å². The normalized spacial score (nSPS) is 14.3. The van der Waals surface area contributed by atoms with Crippen LogP contribution in [0.2, 0.25) is 0 Å². The number of nitrogens with two attached hydrogens (primary N) is 1. The van der Waals surface area contributed by atoms with Crippen LogP contribution in [0.1, 0.15) is 52.8 Å². The molecule has 0 spiro atoms. The Bertz CT molecular complexity index is 1020. The topological polar surface area (TPSA) is 160 Å². The van der Waals surface area contributed by atoms with E-state index in [1.54, 1.807) is 0 Å². The van der Waals surface area contributed by atoms with Crippen molar-refractivity contribution in [3.8, 4) is 16.9 Å². The molecule has 3 rings (SSSR count). The van der Waals surface area contributed by atoms with E-state index in [-0.39, 0.29) is 28.8 Å². The summed E-state index contributed by atoms with van der Waals surface area (Å²) in [6.07, 6.45) is 4.65. The Morgan fingerprint density at radius 2 is 1.55 bits per heavy atom. The maximum atomic E-state index is 12.3. The number of carbonyl (C=O) groups is 3. The predicted molar refractivity (Wildman–Crippen MR) is 103 cm³/mol. The number of anilines is 1. The first-order valence-corrected chi connectivity index (χ1v) is 9.14. The number of aromatic amines is 1. The number of aromatic carboxylic acids is 2. The predicted octanol–water partition coefficient (Wildman–Crippen LogP) is 2.51. The monoisotopic (exact) mass is 400 g/mol. The number of esters is 1. The molecule has 9 heteroatoms. The summed E-state index contributed by atoms with van der Waals surface area (Å²) in [6, 6.07) is 5.61. The van der Waals surface area contributed by atoms with E-state index in [4.69, 9.17) is 10.5 Å². The molecule has 2 aromatic rings. The first-order valence-electron chi connectivity index (χ1n) is 9.14. The lowest BCUT2D eigenvalue weighted by Crippen LogP contribution is -2.24. The van der Waals surface area contributed by atoms with Crippen LogP contribution in [0.25, 0.3) is 11.1 Å². The van der Waals surface area contributed by atoms with Gasteiger partial charge in [-0.1, -0.05) is 31.4 Å². The molecule has 1 fully saturated rings. The average molecular weight is 400 g/mol. The third kappa shape index (κ3) is 4.13. The molecule has 1 aromatic carbocycles. The van der Waals surface area contributed by atoms with Crippen molar-refractivity contribution in [2.45, 2.75) is 32.1 Å². The van der Waals surface area contributed by atoms with E-state index in [1.807, 2.05) is 4.98 Å². The Hall–Kier alpha value is -3.62. The number of carboxylic acid groups (broad SMARTS) is 2. The van der Waals surface area contributed by atoms with Crippen LogP contribution in [0.4, 0.5) is 5.82 Å². The number of benzene rings is 1. The lowest BCUT2D eigenvalue weighted by atomic mass is 9.89. The van der Waals surface area contributed by atoms with Crippen LogP contribution < -0.4 is 16.0 Å². The lowest BCUT2D eigenvalue weighted by molar-refractivity contribution is -0.139. The minimum atomic E-state index is -1.59. The Morgan fingerprint density at radius 1 is 0.966 bits per heavy atom. The maximum absolute atomic E-state index is 12.3. The lowest BCUT2D eigenvalue weighted by Gasteiger charge is -2.19. The molecule has 1 heterocycles. The van der Waals surface area contributed by atoms with Gasteiger partial charge >= 0.3 is 17.9 Å². The van der Waals surface area contributed by atoms with Crippen molar-refractivity contribution in [3.05, 3.63) is 45.7 Å². The molecule has 0 saturated heterocycles. The van der Waals surface area contributed by atoms with Crippen molar-refractivity contribution >= 4 is 23.7 Å². The number of ether oxygens (including phenoxy) is 1. The van der Waals surface area contributed by atoms with Crippen LogP contribution in [-0.2, 0) is 4.79 Å². The molecule has 9 nitrogen and oxygen atoms in total. The van der Waals surface area contributed by atoms with Crippen molar-refractivity contribution in [2.75, 3.05) is 5.73 Å². The van der Waals surface area contributed by atoms with Crippen LogP contribution >= 0.6 is 0 Å². The van der Waals surface area contributed by atoms with Gasteiger partial charge in [0.1, 0.15) is 22.7 Å². The van der Waals surface area contributed by atoms with E-state index >= 15 is 0 Å². The van der Waals surface area contributed by atoms with Gasteiger partial charge in [-0.2, -0.15) is 0 Å². The number of nitrogen functional groups attached to an aromatic ring is 1. The summed E-state index contributed by atoms with van der Waals surface area (Å²) in [7, 11) is 0. The molecule has 152 valence electrons. The number of H-pyrrole nitrogens is 1. The fraction of sp³-hybridized carbons (Fsp3) is 0.300. The SMILES string of the molecule is Nc1[nH]c(=O)c(C(=O)O)c(-c2ccc(OC(=O)C3CCCCC3)cc2)c1C(=O)O. The highest BCUT2D eigenvalue weighted by Crippen LogP contribution is 2.31. The third-order valence-electron chi connectivity index (χ3n) is 4.97. The molecule has 0 amide bonds. The smallest absolute Gasteiger partial charge is 0.342 e. The molecule has 0 atom stereocenters. The highest BCUT2D eigenvalue weighted by Gasteiger charge is 2.27. The van der Waals surface area contributed by atoms with Gasteiger partial charge in [0.05, 0.1) is 5.92 Å². The zero-order valence-corrected chi connectivity index (χ0v) is 15.4. The van der Waals surface area contributed by atoms with E-state index in [2.05, 4.69) is 0 Å². The van der Waals surface area contributed by atoms with E-state index in [0.29, 0.717) is 0 Å². The number of nitrogens with one attached hydrogen (secondary N) is 1. The minimum absolute atomic E-state index is 0.145. The van der Waals surface area contributed by atoms with Crippen molar-refractivity contribution in [1.29, 1.82) is 0 Å². The summed E-state index contributed by atoms with van der Waals surface area (Å²) in [5, 5.41) is 18.9. The fourth-order valence-electron chi connectivity index (χ4n) is 3.56. The van der Waals surface area contributed by atoms with Gasteiger partial charge in [-0.25, -0.2) is 9.59 Å². The molecule has 29 heavy (non-hydrogen) atoms. The van der Waals surface area contributed by atoms with Crippen LogP contribution in [0.5, 0.6) is 5.75 Å². The van der Waals surface area contributed by atoms with E-state index in [1.165, 1.54) is 24.3 Å². The van der Waals surface area contributed by atoms with Crippen molar-refractivity contribution in [2.24, 2.45) is 5.92 Å². The number of carboxylic acids is 2. The second-order valence-corrected chi connectivity index (χ2v) is 6.88. The van der Waals surface area contributed by atoms with Crippen molar-refractivity contribution in [3.63, 3.8) is 0 Å². The van der Waals surface area contributed by atoms with Gasteiger partial charge in [-0.15, -0.1) is 0 Å². The summed E-state index contributed by atoms with van der Waals surface area (Å²) in [4.78, 5) is 49.6. The van der Waals surface area contributed by atoms with E-state index in [9.17, 15) is 29.4 Å². The number of aromatic nitrogens is 1. The number of carbonyl (C=O) groups excluding carboxylic acids is 1. The maximum Gasteiger partial charge on any atom is 0.342 e. The summed E-state index contributed by atoms with van der Waals surface area (Å²) in [6.45, 7) is 0. The first-order chi connectivity index (χ1) is 13.8. The van der Waals surface area contributed by atoms with Gasteiger partial charge in [-0.05, 0) is 30.5 Å². The Labute approximate surface area is 165 Å². The van der Waals surface area contributed by atoms with Gasteiger partial charge < -0.3 is 25.7 Å². The number of hydrogen-bond acceptors (Lipinski definition) is 6. The molecule has 1 aromatic heterocycles. The van der Waals surface area contributed by atoms with Crippen LogP contribution in [0.15, 0.2) is 29.1 Å². The molecule has 0 unspecified atom stereocenters. The Balaban J connectivity index is 1.97. The number of pyridine rings is 1. The summed E-state index contributed by atoms with van der Waals surface area (Å²) >= 11 is 0. The summed E-state index contributed by atoms with van der Waals surface area (Å²) < 4.78 is 5.38. The quantitative estimate of drug-likeness (QED) is 0.440. The van der Waals surface area contributed by atoms with Gasteiger partial charge in [0.2, 0.25) is 0 Å². The molecule has 0 bridgehead atoms. The zero-order chi connectivity index (χ0) is 21.1. The minimum Gasteiger partial charge on any atom is -0.478 e. The molecule has 1 saturated carbocycles. The zero-order valence-electron chi connectivity index (χ0n) is 15.4. The molecule has 5 N–H and O–H groups in total. The standard InChI is InChI=1S/C20H20N2O7/c21-16-14(18(24)25)13(15(19(26)27)17(23)22-16)10-6-8-12(9-7-10)29-20(28)11-4-2-1-3-5-11/h6-9,11H,1-5H2,(H,24,25)(H,26,27)(H3,21,22,23). The molecular weight excluding hydrogens is 380 g/mol. The fourth-order valence-corrected chi connectivity index (χ4v) is 3.56. The molecule has 0 radical (unpaired) electrons. The number of rotatable bonds is 5. The first kappa shape index (κ1) is 20.1. The second kappa shape index (κ2) is 8.17. The van der Waals surface area contributed by atoms with Gasteiger partial charge in [-0.3, -0.25) is 9.59 Å². The highest BCUT2D eigenvalue weighted by molar-refractivity contribution is 6.07. The molecule has 1 aliphatic carbocycles. The Morgan fingerprint density at radius 3 is 2.10 bits per heavy atom. The van der Waals surface area contributed by atoms with Gasteiger partial charge in [0, 0.05) is 5.56 Å². The number of hydrogen-bond donors (Lipinski definition) is 4. The molecule has 0 aliphatic heterocycles. The van der Waals surface area contributed by atoms with Crippen LogP contribution in [-0.4, -0.2) is 33.1 Å². The van der Waals surface area contributed by atoms with Gasteiger partial charge in [0.15, 0.2) is 0 Å². The second-order valence-electron chi connectivity index (χ2n) is 6.88. The molecular formula is C20H20N2O7. The van der Waals surface area contributed by atoms with E-state index in [0.717, 1.165) is 32.1 Å². The Kier molecular flexibility index (Phi) is 5.67. The third-order valence-corrected chi connectivity index (χ3v) is 4.97. The average Bonchev–Trinajstić information content (AvgIpc) is 2.68. The van der Waals surface area contributed by atoms with Crippen molar-refractivity contribution < 1.29 is 29.3 Å². The largest absolute Gasteiger partial charge is 0.478 e. The van der Waals surface area contributed by atoms with Gasteiger partial charge in [0.25, 0.3) is 5.56 Å². The summed E-state index contributed by atoms with van der Waals surface area (Å²) in [5.74, 6) is -3.74. The summed E-state index contributed by atoms with van der Waals surface area (Å²) in [5.41, 5.74) is 3.18.